The lowest BCUT2D eigenvalue weighted by atomic mass is 10.2. The molecule has 0 unspecified atom stereocenters. The summed E-state index contributed by atoms with van der Waals surface area (Å²) in [6.45, 7) is 0.158. The van der Waals surface area contributed by atoms with Crippen molar-refractivity contribution >= 4 is 17.7 Å². The predicted octanol–water partition coefficient (Wildman–Crippen LogP) is 3.13. The number of ether oxygens (including phenoxy) is 1. The number of benzene rings is 2. The summed E-state index contributed by atoms with van der Waals surface area (Å²) in [7, 11) is 0. The number of carboxylic acids is 1. The molecular formula is C15H13NO4. The van der Waals surface area contributed by atoms with Crippen molar-refractivity contribution in [3.05, 3.63) is 65.7 Å². The van der Waals surface area contributed by atoms with Gasteiger partial charge in [-0.2, -0.15) is 0 Å². The van der Waals surface area contributed by atoms with Crippen LogP contribution in [0.15, 0.2) is 54.6 Å². The molecule has 0 atom stereocenters. The number of hydrogen-bond acceptors (Lipinski definition) is 3. The Hall–Kier alpha value is -2.82. The van der Waals surface area contributed by atoms with Gasteiger partial charge < -0.3 is 9.84 Å². The molecule has 5 nitrogen and oxygen atoms in total. The van der Waals surface area contributed by atoms with Crippen LogP contribution in [-0.2, 0) is 11.3 Å². The van der Waals surface area contributed by atoms with Gasteiger partial charge in [0.05, 0.1) is 5.56 Å². The molecule has 0 radical (unpaired) electrons. The van der Waals surface area contributed by atoms with E-state index in [4.69, 9.17) is 9.84 Å². The van der Waals surface area contributed by atoms with Gasteiger partial charge in [0, 0.05) is 5.69 Å². The van der Waals surface area contributed by atoms with Crippen LogP contribution in [-0.4, -0.2) is 17.2 Å². The highest BCUT2D eigenvalue weighted by molar-refractivity contribution is 5.91. The molecule has 0 aromatic heterocycles. The maximum atomic E-state index is 11.6. The Morgan fingerprint density at radius 1 is 1.05 bits per heavy atom. The van der Waals surface area contributed by atoms with Crippen molar-refractivity contribution in [1.82, 2.24) is 0 Å². The fourth-order valence-electron chi connectivity index (χ4n) is 1.61. The van der Waals surface area contributed by atoms with Gasteiger partial charge in [-0.25, -0.2) is 9.59 Å². The summed E-state index contributed by atoms with van der Waals surface area (Å²) in [6.07, 6.45) is -0.628. The van der Waals surface area contributed by atoms with E-state index in [-0.39, 0.29) is 12.2 Å². The van der Waals surface area contributed by atoms with E-state index in [0.717, 1.165) is 5.56 Å². The number of rotatable bonds is 4. The summed E-state index contributed by atoms with van der Waals surface area (Å²) < 4.78 is 5.03. The largest absolute Gasteiger partial charge is 0.478 e. The van der Waals surface area contributed by atoms with Gasteiger partial charge in [-0.1, -0.05) is 36.4 Å². The van der Waals surface area contributed by atoms with E-state index in [2.05, 4.69) is 5.32 Å². The Bertz CT molecular complexity index is 610. The lowest BCUT2D eigenvalue weighted by Gasteiger charge is -2.07. The molecular weight excluding hydrogens is 258 g/mol. The molecule has 1 amide bonds. The highest BCUT2D eigenvalue weighted by Crippen LogP contribution is 2.11. The summed E-state index contributed by atoms with van der Waals surface area (Å²) in [6, 6.07) is 15.2. The summed E-state index contributed by atoms with van der Waals surface area (Å²) in [5.41, 5.74) is 1.36. The first-order valence-electron chi connectivity index (χ1n) is 5.96. The molecule has 5 heteroatoms. The van der Waals surface area contributed by atoms with Crippen molar-refractivity contribution in [3.63, 3.8) is 0 Å². The molecule has 0 aliphatic rings. The van der Waals surface area contributed by atoms with Crippen LogP contribution in [0.4, 0.5) is 10.5 Å². The molecule has 0 saturated carbocycles. The van der Waals surface area contributed by atoms with Crippen molar-refractivity contribution in [2.75, 3.05) is 5.32 Å². The molecule has 0 heterocycles. The van der Waals surface area contributed by atoms with Crippen LogP contribution in [0.5, 0.6) is 0 Å². The van der Waals surface area contributed by atoms with E-state index in [1.165, 1.54) is 12.1 Å². The Morgan fingerprint density at radius 3 is 2.50 bits per heavy atom. The number of carbonyl (C=O) groups is 2. The Balaban J connectivity index is 1.91. The van der Waals surface area contributed by atoms with Gasteiger partial charge in [-0.15, -0.1) is 0 Å². The molecule has 0 fully saturated rings. The average Bonchev–Trinajstić information content (AvgIpc) is 2.46. The molecule has 102 valence electrons. The minimum absolute atomic E-state index is 0.103. The Morgan fingerprint density at radius 2 is 1.80 bits per heavy atom. The second kappa shape index (κ2) is 6.38. The highest BCUT2D eigenvalue weighted by atomic mass is 16.5. The van der Waals surface area contributed by atoms with Crippen molar-refractivity contribution in [3.8, 4) is 0 Å². The number of nitrogens with one attached hydrogen (secondary N) is 1. The number of anilines is 1. The first-order chi connectivity index (χ1) is 9.65. The standard InChI is InChI=1S/C15H13NO4/c17-14(18)12-7-4-8-13(9-12)16-15(19)20-10-11-5-2-1-3-6-11/h1-9H,10H2,(H,16,19)(H,17,18). The average molecular weight is 271 g/mol. The van der Waals surface area contributed by atoms with Gasteiger partial charge in [0.2, 0.25) is 0 Å². The summed E-state index contributed by atoms with van der Waals surface area (Å²) in [5.74, 6) is -1.05. The highest BCUT2D eigenvalue weighted by Gasteiger charge is 2.07. The van der Waals surface area contributed by atoms with Gasteiger partial charge in [0.25, 0.3) is 0 Å². The second-order valence-electron chi connectivity index (χ2n) is 4.07. The molecule has 0 saturated heterocycles. The second-order valence-corrected chi connectivity index (χ2v) is 4.07. The minimum atomic E-state index is -1.05. The zero-order valence-electron chi connectivity index (χ0n) is 10.6. The smallest absolute Gasteiger partial charge is 0.411 e. The number of amides is 1. The molecule has 0 bridgehead atoms. The fraction of sp³-hybridized carbons (Fsp3) is 0.0667. The molecule has 0 aliphatic carbocycles. The Kier molecular flexibility index (Phi) is 4.34. The normalized spacial score (nSPS) is 9.80. The maximum absolute atomic E-state index is 11.6. The quantitative estimate of drug-likeness (QED) is 0.895. The molecule has 2 aromatic rings. The van der Waals surface area contributed by atoms with E-state index in [0.29, 0.717) is 5.69 Å². The zero-order chi connectivity index (χ0) is 14.4. The third-order valence-corrected chi connectivity index (χ3v) is 2.57. The van der Waals surface area contributed by atoms with E-state index in [1.54, 1.807) is 12.1 Å². The van der Waals surface area contributed by atoms with Gasteiger partial charge >= 0.3 is 12.1 Å². The van der Waals surface area contributed by atoms with Crippen LogP contribution in [0, 0.1) is 0 Å². The van der Waals surface area contributed by atoms with Crippen molar-refractivity contribution < 1.29 is 19.4 Å². The van der Waals surface area contributed by atoms with Gasteiger partial charge in [0.1, 0.15) is 6.61 Å². The van der Waals surface area contributed by atoms with E-state index < -0.39 is 12.1 Å². The van der Waals surface area contributed by atoms with Crippen LogP contribution in [0.25, 0.3) is 0 Å². The lowest BCUT2D eigenvalue weighted by molar-refractivity contribution is 0.0696. The van der Waals surface area contributed by atoms with Gasteiger partial charge in [-0.3, -0.25) is 5.32 Å². The van der Waals surface area contributed by atoms with E-state index >= 15 is 0 Å². The predicted molar refractivity (Wildman–Crippen MR) is 73.7 cm³/mol. The van der Waals surface area contributed by atoms with Crippen molar-refractivity contribution in [2.24, 2.45) is 0 Å². The molecule has 2 rings (SSSR count). The first kappa shape index (κ1) is 13.6. The Labute approximate surface area is 115 Å². The van der Waals surface area contributed by atoms with Crippen LogP contribution < -0.4 is 5.32 Å². The summed E-state index contributed by atoms with van der Waals surface area (Å²) in [4.78, 5) is 22.4. The summed E-state index contributed by atoms with van der Waals surface area (Å²) in [5, 5.41) is 11.3. The third-order valence-electron chi connectivity index (χ3n) is 2.57. The lowest BCUT2D eigenvalue weighted by Crippen LogP contribution is -2.13. The molecule has 20 heavy (non-hydrogen) atoms. The fourth-order valence-corrected chi connectivity index (χ4v) is 1.61. The molecule has 0 aliphatic heterocycles. The van der Waals surface area contributed by atoms with Crippen LogP contribution in [0.3, 0.4) is 0 Å². The summed E-state index contributed by atoms with van der Waals surface area (Å²) >= 11 is 0. The third kappa shape index (κ3) is 3.84. The maximum Gasteiger partial charge on any atom is 0.411 e. The molecule has 0 spiro atoms. The molecule has 2 aromatic carbocycles. The monoisotopic (exact) mass is 271 g/mol. The first-order valence-corrected chi connectivity index (χ1v) is 5.96. The molecule has 2 N–H and O–H groups in total. The van der Waals surface area contributed by atoms with Crippen LogP contribution in [0.2, 0.25) is 0 Å². The van der Waals surface area contributed by atoms with E-state index in [1.807, 2.05) is 30.3 Å². The number of aromatic carboxylic acids is 1. The van der Waals surface area contributed by atoms with Crippen LogP contribution >= 0.6 is 0 Å². The van der Waals surface area contributed by atoms with Gasteiger partial charge in [0.15, 0.2) is 0 Å². The number of hydrogen-bond donors (Lipinski definition) is 2. The van der Waals surface area contributed by atoms with Gasteiger partial charge in [-0.05, 0) is 23.8 Å². The van der Waals surface area contributed by atoms with E-state index in [9.17, 15) is 9.59 Å². The topological polar surface area (TPSA) is 75.6 Å². The number of carboxylic acid groups (broad SMARTS) is 1. The minimum Gasteiger partial charge on any atom is -0.478 e. The van der Waals surface area contributed by atoms with Crippen molar-refractivity contribution in [2.45, 2.75) is 6.61 Å². The van der Waals surface area contributed by atoms with Crippen LogP contribution in [0.1, 0.15) is 15.9 Å². The van der Waals surface area contributed by atoms with Crippen molar-refractivity contribution in [1.29, 1.82) is 0 Å². The zero-order valence-corrected chi connectivity index (χ0v) is 10.6. The SMILES string of the molecule is O=C(Nc1cccc(C(=O)O)c1)OCc1ccccc1. The number of carbonyl (C=O) groups excluding carboxylic acids is 1.